The van der Waals surface area contributed by atoms with E-state index in [4.69, 9.17) is 14.1 Å². The number of hydrogen-bond acceptors (Lipinski definition) is 4. The number of fused-ring (bicyclic) bond motifs is 2. The molecule has 5 rings (SSSR count). The average Bonchev–Trinajstić information content (AvgIpc) is 2.79. The van der Waals surface area contributed by atoms with Crippen LogP contribution in [0.1, 0.15) is 5.56 Å². The van der Waals surface area contributed by atoms with Crippen molar-refractivity contribution >= 4 is 21.9 Å². The maximum absolute atomic E-state index is 13.2. The third-order valence-electron chi connectivity index (χ3n) is 4.81. The predicted molar refractivity (Wildman–Crippen MR) is 114 cm³/mol. The average molecular weight is 379 g/mol. The monoisotopic (exact) mass is 379 g/mol. The van der Waals surface area contributed by atoms with Gasteiger partial charge < -0.3 is 9.15 Å². The normalized spacial score (nSPS) is 11.0. The third-order valence-corrected chi connectivity index (χ3v) is 4.81. The molecule has 0 amide bonds. The van der Waals surface area contributed by atoms with E-state index >= 15 is 0 Å². The quantitative estimate of drug-likeness (QED) is 0.409. The zero-order valence-electron chi connectivity index (χ0n) is 15.5. The molecular formula is C25H17NO3. The summed E-state index contributed by atoms with van der Waals surface area (Å²) in [5.41, 5.74) is 2.67. The molecule has 0 aliphatic carbocycles. The fourth-order valence-corrected chi connectivity index (χ4v) is 3.35. The van der Waals surface area contributed by atoms with E-state index < -0.39 is 0 Å². The van der Waals surface area contributed by atoms with Crippen molar-refractivity contribution in [2.45, 2.75) is 6.61 Å². The largest absolute Gasteiger partial charge is 0.481 e. The van der Waals surface area contributed by atoms with Crippen molar-refractivity contribution in [3.63, 3.8) is 0 Å². The van der Waals surface area contributed by atoms with E-state index in [0.29, 0.717) is 22.4 Å². The molecule has 0 saturated carbocycles. The Morgan fingerprint density at radius 1 is 0.793 bits per heavy atom. The predicted octanol–water partition coefficient (Wildman–Crippen LogP) is 5.59. The number of rotatable bonds is 4. The van der Waals surface area contributed by atoms with Crippen LogP contribution in [-0.2, 0) is 6.61 Å². The molecule has 2 heterocycles. The molecule has 2 aromatic heterocycles. The first kappa shape index (κ1) is 17.2. The van der Waals surface area contributed by atoms with Gasteiger partial charge in [0.2, 0.25) is 11.2 Å². The van der Waals surface area contributed by atoms with Gasteiger partial charge in [-0.25, -0.2) is 4.98 Å². The van der Waals surface area contributed by atoms with Gasteiger partial charge in [0, 0.05) is 5.39 Å². The molecule has 3 aromatic carbocycles. The zero-order valence-corrected chi connectivity index (χ0v) is 15.5. The molecule has 0 bridgehead atoms. The molecule has 0 fully saturated rings. The van der Waals surface area contributed by atoms with Crippen molar-refractivity contribution in [2.24, 2.45) is 0 Å². The zero-order chi connectivity index (χ0) is 19.6. The van der Waals surface area contributed by atoms with Gasteiger partial charge in [-0.2, -0.15) is 0 Å². The topological polar surface area (TPSA) is 52.3 Å². The van der Waals surface area contributed by atoms with Gasteiger partial charge in [0.05, 0.1) is 10.9 Å². The molecule has 29 heavy (non-hydrogen) atoms. The van der Waals surface area contributed by atoms with Crippen LogP contribution in [0.2, 0.25) is 0 Å². The van der Waals surface area contributed by atoms with Crippen LogP contribution in [0, 0.1) is 0 Å². The SMILES string of the molecule is O=c1c(OCc2ccccc2)c(-c2ccc3ccccc3n2)oc2ccccc12. The van der Waals surface area contributed by atoms with Crippen LogP contribution < -0.4 is 10.2 Å². The van der Waals surface area contributed by atoms with Crippen molar-refractivity contribution in [1.82, 2.24) is 4.98 Å². The van der Waals surface area contributed by atoms with Crippen LogP contribution in [0.25, 0.3) is 33.3 Å². The summed E-state index contributed by atoms with van der Waals surface area (Å²) in [7, 11) is 0. The Kier molecular flexibility index (Phi) is 4.30. The van der Waals surface area contributed by atoms with Crippen LogP contribution in [0.15, 0.2) is 100 Å². The highest BCUT2D eigenvalue weighted by atomic mass is 16.5. The maximum Gasteiger partial charge on any atom is 0.235 e. The van der Waals surface area contributed by atoms with Gasteiger partial charge in [-0.15, -0.1) is 0 Å². The van der Waals surface area contributed by atoms with Crippen molar-refractivity contribution in [2.75, 3.05) is 0 Å². The molecule has 5 aromatic rings. The lowest BCUT2D eigenvalue weighted by molar-refractivity contribution is 0.297. The van der Waals surface area contributed by atoms with Crippen LogP contribution in [0.3, 0.4) is 0 Å². The molecule has 0 spiro atoms. The lowest BCUT2D eigenvalue weighted by Crippen LogP contribution is -2.10. The highest BCUT2D eigenvalue weighted by molar-refractivity contribution is 5.84. The fourth-order valence-electron chi connectivity index (χ4n) is 3.35. The van der Waals surface area contributed by atoms with E-state index in [1.165, 1.54) is 0 Å². The molecule has 4 nitrogen and oxygen atoms in total. The van der Waals surface area contributed by atoms with E-state index in [1.807, 2.05) is 78.9 Å². The van der Waals surface area contributed by atoms with Crippen molar-refractivity contribution < 1.29 is 9.15 Å². The van der Waals surface area contributed by atoms with Gasteiger partial charge >= 0.3 is 0 Å². The second-order valence-corrected chi connectivity index (χ2v) is 6.75. The summed E-state index contributed by atoms with van der Waals surface area (Å²) >= 11 is 0. The minimum absolute atomic E-state index is 0.176. The fraction of sp³-hybridized carbons (Fsp3) is 0.0400. The number of aromatic nitrogens is 1. The summed E-state index contributed by atoms with van der Waals surface area (Å²) in [6.45, 7) is 0.268. The maximum atomic E-state index is 13.2. The van der Waals surface area contributed by atoms with E-state index in [0.717, 1.165) is 16.5 Å². The summed E-state index contributed by atoms with van der Waals surface area (Å²) in [5.74, 6) is 0.519. The Bertz CT molecular complexity index is 1370. The number of hydrogen-bond donors (Lipinski definition) is 0. The Morgan fingerprint density at radius 2 is 1.55 bits per heavy atom. The summed E-state index contributed by atoms with van der Waals surface area (Å²) in [4.78, 5) is 17.9. The number of pyridine rings is 1. The Balaban J connectivity index is 1.68. The van der Waals surface area contributed by atoms with Crippen LogP contribution in [0.5, 0.6) is 5.75 Å². The third kappa shape index (κ3) is 3.25. The van der Waals surface area contributed by atoms with Gasteiger partial charge in [-0.05, 0) is 29.8 Å². The lowest BCUT2D eigenvalue weighted by atomic mass is 10.1. The van der Waals surface area contributed by atoms with E-state index in [1.54, 1.807) is 12.1 Å². The van der Waals surface area contributed by atoms with Gasteiger partial charge in [-0.3, -0.25) is 4.79 Å². The van der Waals surface area contributed by atoms with Crippen LogP contribution in [-0.4, -0.2) is 4.98 Å². The van der Waals surface area contributed by atoms with Crippen LogP contribution in [0.4, 0.5) is 0 Å². The number of nitrogens with zero attached hydrogens (tertiary/aromatic N) is 1. The Hall–Kier alpha value is -3.92. The first-order chi connectivity index (χ1) is 14.3. The summed E-state index contributed by atoms with van der Waals surface area (Å²) in [6.07, 6.45) is 0. The van der Waals surface area contributed by atoms with E-state index in [2.05, 4.69) is 0 Å². The van der Waals surface area contributed by atoms with Gasteiger partial charge in [0.15, 0.2) is 5.76 Å². The van der Waals surface area contributed by atoms with Crippen molar-refractivity contribution in [3.8, 4) is 17.2 Å². The second-order valence-electron chi connectivity index (χ2n) is 6.75. The highest BCUT2D eigenvalue weighted by Crippen LogP contribution is 2.31. The molecular weight excluding hydrogens is 362 g/mol. The summed E-state index contributed by atoms with van der Waals surface area (Å²) in [6, 6.07) is 28.6. The molecule has 0 saturated heterocycles. The molecule has 0 aliphatic rings. The molecule has 0 radical (unpaired) electrons. The first-order valence-electron chi connectivity index (χ1n) is 9.38. The van der Waals surface area contributed by atoms with Gasteiger partial charge in [0.1, 0.15) is 17.9 Å². The molecule has 0 N–H and O–H groups in total. The van der Waals surface area contributed by atoms with Crippen molar-refractivity contribution in [1.29, 1.82) is 0 Å². The van der Waals surface area contributed by atoms with Gasteiger partial charge in [-0.1, -0.05) is 66.7 Å². The Morgan fingerprint density at radius 3 is 2.45 bits per heavy atom. The molecule has 0 aliphatic heterocycles. The van der Waals surface area contributed by atoms with Crippen molar-refractivity contribution in [3.05, 3.63) is 107 Å². The standard InChI is InChI=1S/C25H17NO3/c27-23-19-11-5-7-13-22(19)29-24(25(23)28-16-17-8-2-1-3-9-17)21-15-14-18-10-4-6-12-20(18)26-21/h1-15H,16H2. The van der Waals surface area contributed by atoms with E-state index in [-0.39, 0.29) is 17.8 Å². The summed E-state index contributed by atoms with van der Waals surface area (Å²) in [5, 5.41) is 1.51. The molecule has 0 unspecified atom stereocenters. The molecule has 4 heteroatoms. The van der Waals surface area contributed by atoms with Crippen LogP contribution >= 0.6 is 0 Å². The smallest absolute Gasteiger partial charge is 0.235 e. The summed E-state index contributed by atoms with van der Waals surface area (Å²) < 4.78 is 12.1. The molecule has 140 valence electrons. The number of ether oxygens (including phenoxy) is 1. The first-order valence-corrected chi connectivity index (χ1v) is 9.38. The van der Waals surface area contributed by atoms with Gasteiger partial charge in [0.25, 0.3) is 0 Å². The van der Waals surface area contributed by atoms with E-state index in [9.17, 15) is 4.79 Å². The highest BCUT2D eigenvalue weighted by Gasteiger charge is 2.19. The minimum Gasteiger partial charge on any atom is -0.481 e. The molecule has 0 atom stereocenters. The number of para-hydroxylation sites is 2. The number of benzene rings is 3. The minimum atomic E-state index is -0.201. The lowest BCUT2D eigenvalue weighted by Gasteiger charge is -2.12. The Labute approximate surface area is 167 Å². The second kappa shape index (κ2) is 7.24.